The molecule has 0 saturated carbocycles. The molecule has 0 aliphatic carbocycles. The van der Waals surface area contributed by atoms with E-state index in [0.717, 1.165) is 36.0 Å². The summed E-state index contributed by atoms with van der Waals surface area (Å²) in [6.45, 7) is 8.29. The van der Waals surface area contributed by atoms with E-state index in [-0.39, 0.29) is 6.17 Å². The molecular formula is C14H19N5O. The molecule has 0 aromatic carbocycles. The van der Waals surface area contributed by atoms with Crippen LogP contribution in [0, 0.1) is 13.8 Å². The Morgan fingerprint density at radius 2 is 2.15 bits per heavy atom. The molecule has 1 N–H and O–H groups in total. The standard InChI is InChI=1S/C14H19N5O/c1-5-12-17-19-9(4)15-16-14(19)10-6-11-13(18(10)12)7(2)8(3)20-11/h10,14,16H,5-6H2,1-4H3. The van der Waals surface area contributed by atoms with Crippen molar-refractivity contribution in [1.82, 2.24) is 10.4 Å². The molecular weight excluding hydrogens is 254 g/mol. The lowest BCUT2D eigenvalue weighted by Gasteiger charge is -2.39. The van der Waals surface area contributed by atoms with Gasteiger partial charge in [-0.2, -0.15) is 10.2 Å². The number of nitrogens with zero attached hydrogens (tertiary/aromatic N) is 4. The molecule has 1 aromatic heterocycles. The fourth-order valence-electron chi connectivity index (χ4n) is 3.42. The maximum Gasteiger partial charge on any atom is 0.159 e. The number of rotatable bonds is 1. The molecule has 106 valence electrons. The zero-order chi connectivity index (χ0) is 14.0. The molecule has 4 heterocycles. The lowest BCUT2D eigenvalue weighted by molar-refractivity contribution is 0.249. The summed E-state index contributed by atoms with van der Waals surface area (Å²) in [4.78, 5) is 2.35. The van der Waals surface area contributed by atoms with Crippen molar-refractivity contribution in [3.63, 3.8) is 0 Å². The number of hydrogen-bond acceptors (Lipinski definition) is 6. The third-order valence-corrected chi connectivity index (χ3v) is 4.53. The minimum atomic E-state index is 0.104. The van der Waals surface area contributed by atoms with Crippen LogP contribution in [0.25, 0.3) is 0 Å². The van der Waals surface area contributed by atoms with Gasteiger partial charge in [0.15, 0.2) is 6.17 Å². The Labute approximate surface area is 118 Å². The first-order valence-corrected chi connectivity index (χ1v) is 7.16. The topological polar surface area (TPSA) is 56.4 Å². The van der Waals surface area contributed by atoms with E-state index in [0.29, 0.717) is 6.04 Å². The van der Waals surface area contributed by atoms with Crippen LogP contribution in [0.1, 0.15) is 37.4 Å². The molecule has 2 atom stereocenters. The lowest BCUT2D eigenvalue weighted by Crippen LogP contribution is -2.58. The summed E-state index contributed by atoms with van der Waals surface area (Å²) in [6, 6.07) is 0.302. The van der Waals surface area contributed by atoms with Gasteiger partial charge >= 0.3 is 0 Å². The van der Waals surface area contributed by atoms with Crippen molar-refractivity contribution in [2.75, 3.05) is 4.90 Å². The molecule has 0 bridgehead atoms. The first-order chi connectivity index (χ1) is 9.61. The third kappa shape index (κ3) is 1.29. The first kappa shape index (κ1) is 11.8. The highest BCUT2D eigenvalue weighted by atomic mass is 16.3. The number of hydrogen-bond donors (Lipinski definition) is 1. The van der Waals surface area contributed by atoms with Crippen LogP contribution >= 0.6 is 0 Å². The molecule has 2 unspecified atom stereocenters. The molecule has 6 nitrogen and oxygen atoms in total. The molecule has 6 heteroatoms. The minimum Gasteiger partial charge on any atom is -0.464 e. The van der Waals surface area contributed by atoms with Crippen molar-refractivity contribution in [3.05, 3.63) is 17.1 Å². The number of hydrazone groups is 2. The fourth-order valence-corrected chi connectivity index (χ4v) is 3.42. The van der Waals surface area contributed by atoms with Crippen LogP contribution in [0.5, 0.6) is 0 Å². The normalized spacial score (nSPS) is 26.8. The summed E-state index contributed by atoms with van der Waals surface area (Å²) in [5.74, 6) is 4.11. The van der Waals surface area contributed by atoms with Crippen LogP contribution in [0.2, 0.25) is 0 Å². The molecule has 0 saturated heterocycles. The average Bonchev–Trinajstić information content (AvgIpc) is 3.05. The largest absolute Gasteiger partial charge is 0.464 e. The zero-order valence-electron chi connectivity index (χ0n) is 12.3. The van der Waals surface area contributed by atoms with Gasteiger partial charge in [0, 0.05) is 18.4 Å². The highest BCUT2D eigenvalue weighted by Crippen LogP contribution is 2.42. The van der Waals surface area contributed by atoms with Gasteiger partial charge in [0.1, 0.15) is 23.2 Å². The summed E-state index contributed by atoms with van der Waals surface area (Å²) in [5.41, 5.74) is 5.66. The quantitative estimate of drug-likeness (QED) is 0.849. The van der Waals surface area contributed by atoms with E-state index in [2.05, 4.69) is 29.3 Å². The third-order valence-electron chi connectivity index (χ3n) is 4.53. The summed E-state index contributed by atoms with van der Waals surface area (Å²) in [6.07, 6.45) is 1.91. The maximum absolute atomic E-state index is 5.94. The van der Waals surface area contributed by atoms with Crippen LogP contribution in [0.15, 0.2) is 14.6 Å². The van der Waals surface area contributed by atoms with Crippen LogP contribution < -0.4 is 10.3 Å². The van der Waals surface area contributed by atoms with Crippen molar-refractivity contribution < 1.29 is 4.42 Å². The SMILES string of the molecule is CCC1=NN2C(C)=NNC2C2Cc3oc(C)c(C)c3N12. The number of fused-ring (bicyclic) bond motifs is 5. The van der Waals surface area contributed by atoms with Gasteiger partial charge in [0.2, 0.25) is 0 Å². The molecule has 20 heavy (non-hydrogen) atoms. The van der Waals surface area contributed by atoms with Crippen LogP contribution in [-0.2, 0) is 6.42 Å². The van der Waals surface area contributed by atoms with Crippen molar-refractivity contribution in [2.24, 2.45) is 10.2 Å². The molecule has 4 rings (SSSR count). The van der Waals surface area contributed by atoms with Crippen LogP contribution in [0.4, 0.5) is 5.69 Å². The number of nitrogens with one attached hydrogen (secondary N) is 1. The van der Waals surface area contributed by atoms with Gasteiger partial charge in [-0.25, -0.2) is 5.01 Å². The van der Waals surface area contributed by atoms with Crippen LogP contribution in [0.3, 0.4) is 0 Å². The molecule has 0 spiro atoms. The number of anilines is 1. The van der Waals surface area contributed by atoms with E-state index in [1.807, 2.05) is 18.9 Å². The Morgan fingerprint density at radius 3 is 2.90 bits per heavy atom. The average molecular weight is 273 g/mol. The second-order valence-corrected chi connectivity index (χ2v) is 5.64. The highest BCUT2D eigenvalue weighted by molar-refractivity contribution is 6.02. The Morgan fingerprint density at radius 1 is 1.35 bits per heavy atom. The van der Waals surface area contributed by atoms with Gasteiger partial charge in [-0.1, -0.05) is 6.92 Å². The Hall–Kier alpha value is -1.98. The van der Waals surface area contributed by atoms with Crippen molar-refractivity contribution in [1.29, 1.82) is 0 Å². The van der Waals surface area contributed by atoms with Gasteiger partial charge < -0.3 is 9.32 Å². The van der Waals surface area contributed by atoms with Gasteiger partial charge in [-0.3, -0.25) is 5.43 Å². The molecule has 0 radical (unpaired) electrons. The van der Waals surface area contributed by atoms with E-state index in [9.17, 15) is 0 Å². The van der Waals surface area contributed by atoms with E-state index in [1.54, 1.807) is 0 Å². The predicted octanol–water partition coefficient (Wildman–Crippen LogP) is 1.93. The highest BCUT2D eigenvalue weighted by Gasteiger charge is 2.48. The van der Waals surface area contributed by atoms with Gasteiger partial charge in [-0.05, 0) is 20.8 Å². The summed E-state index contributed by atoms with van der Waals surface area (Å²) in [7, 11) is 0. The molecule has 3 aliphatic heterocycles. The van der Waals surface area contributed by atoms with E-state index in [1.165, 1.54) is 11.3 Å². The number of amidine groups is 2. The smallest absolute Gasteiger partial charge is 0.159 e. The molecule has 0 amide bonds. The van der Waals surface area contributed by atoms with Gasteiger partial charge in [0.05, 0.1) is 11.7 Å². The molecule has 3 aliphatic rings. The second kappa shape index (κ2) is 3.77. The summed E-state index contributed by atoms with van der Waals surface area (Å²) < 4.78 is 5.94. The monoisotopic (exact) mass is 273 g/mol. The van der Waals surface area contributed by atoms with E-state index < -0.39 is 0 Å². The lowest BCUT2D eigenvalue weighted by atomic mass is 10.1. The van der Waals surface area contributed by atoms with Crippen LogP contribution in [-0.4, -0.2) is 28.9 Å². The number of furan rings is 1. The minimum absolute atomic E-state index is 0.104. The zero-order valence-corrected chi connectivity index (χ0v) is 12.3. The molecule has 1 aromatic rings. The van der Waals surface area contributed by atoms with Crippen molar-refractivity contribution in [2.45, 2.75) is 52.7 Å². The Bertz CT molecular complexity index is 644. The van der Waals surface area contributed by atoms with E-state index in [4.69, 9.17) is 9.52 Å². The fraction of sp³-hybridized carbons (Fsp3) is 0.571. The van der Waals surface area contributed by atoms with Gasteiger partial charge in [-0.15, -0.1) is 0 Å². The van der Waals surface area contributed by atoms with Crippen molar-refractivity contribution >= 4 is 17.4 Å². The Balaban J connectivity index is 1.84. The maximum atomic E-state index is 5.94. The van der Waals surface area contributed by atoms with E-state index >= 15 is 0 Å². The summed E-state index contributed by atoms with van der Waals surface area (Å²) >= 11 is 0. The second-order valence-electron chi connectivity index (χ2n) is 5.64. The van der Waals surface area contributed by atoms with Crippen molar-refractivity contribution in [3.8, 4) is 0 Å². The number of aryl methyl sites for hydroxylation is 1. The van der Waals surface area contributed by atoms with Gasteiger partial charge in [0.25, 0.3) is 0 Å². The molecule has 0 fully saturated rings. The first-order valence-electron chi connectivity index (χ1n) is 7.16. The predicted molar refractivity (Wildman–Crippen MR) is 77.8 cm³/mol. The Kier molecular flexibility index (Phi) is 2.23. The summed E-state index contributed by atoms with van der Waals surface area (Å²) in [5, 5.41) is 11.1.